The number of hydrogen-bond donors (Lipinski definition) is 1. The number of nitrogens with zero attached hydrogens (tertiary/aromatic N) is 1. The topological polar surface area (TPSA) is 15.3 Å². The van der Waals surface area contributed by atoms with E-state index in [1.807, 2.05) is 6.08 Å². The molecule has 0 bridgehead atoms. The van der Waals surface area contributed by atoms with E-state index in [1.54, 1.807) is 10.4 Å². The first-order valence-corrected chi connectivity index (χ1v) is 16.1. The molecule has 1 N–H and O–H groups in total. The van der Waals surface area contributed by atoms with Crippen LogP contribution in [0.2, 0.25) is 0 Å². The Morgan fingerprint density at radius 1 is 1.12 bits per heavy atom. The molecular formula is C37H51BN2S. The lowest BCUT2D eigenvalue weighted by Gasteiger charge is -2.42. The van der Waals surface area contributed by atoms with Crippen LogP contribution in [0.1, 0.15) is 96.2 Å². The second-order valence-corrected chi connectivity index (χ2v) is 15.3. The molecule has 0 saturated carbocycles. The van der Waals surface area contributed by atoms with E-state index >= 15 is 0 Å². The van der Waals surface area contributed by atoms with Crippen molar-refractivity contribution in [3.8, 4) is 0 Å². The summed E-state index contributed by atoms with van der Waals surface area (Å²) in [5.41, 5.74) is 9.97. The monoisotopic (exact) mass is 566 g/mol. The normalized spacial score (nSPS) is 19.3. The molecule has 1 aliphatic heterocycles. The van der Waals surface area contributed by atoms with E-state index in [0.29, 0.717) is 0 Å². The van der Waals surface area contributed by atoms with Gasteiger partial charge in [0.05, 0.1) is 0 Å². The van der Waals surface area contributed by atoms with E-state index in [-0.39, 0.29) is 23.0 Å². The molecule has 0 amide bonds. The number of rotatable bonds is 8. The number of thiophene rings is 1. The number of hydrogen-bond acceptors (Lipinski definition) is 3. The zero-order valence-corrected chi connectivity index (χ0v) is 27.9. The number of anilines is 2. The van der Waals surface area contributed by atoms with Gasteiger partial charge in [0.25, 0.3) is 0 Å². The second kappa shape index (κ2) is 11.9. The Balaban J connectivity index is 1.86. The number of allylic oxidation sites excluding steroid dienone is 4. The van der Waals surface area contributed by atoms with Crippen LogP contribution in [0.5, 0.6) is 0 Å². The molecule has 1 aromatic carbocycles. The number of nitrogens with one attached hydrogen (secondary N) is 1. The minimum absolute atomic E-state index is 0.138. The van der Waals surface area contributed by atoms with Crippen molar-refractivity contribution in [2.24, 2.45) is 0 Å². The van der Waals surface area contributed by atoms with E-state index in [9.17, 15) is 0 Å². The highest BCUT2D eigenvalue weighted by Crippen LogP contribution is 2.53. The first-order valence-electron chi connectivity index (χ1n) is 15.3. The van der Waals surface area contributed by atoms with Gasteiger partial charge < -0.3 is 10.2 Å². The summed E-state index contributed by atoms with van der Waals surface area (Å²) < 4.78 is 1.47. The molecule has 1 aromatic heterocycles. The van der Waals surface area contributed by atoms with Gasteiger partial charge in [-0.05, 0) is 77.0 Å². The smallest absolute Gasteiger partial charge is 0.248 e. The SMILES string of the molecule is C=CCN1C/C(=C/Nc2ccc(C(C)(C)C)cc2C)B(/C=C/C=C(\C=C)CC)c2sc3c(c21)C(C)(C)CCC3(C)C. The summed E-state index contributed by atoms with van der Waals surface area (Å²) in [7, 11) is 0. The average molecular weight is 567 g/mol. The molecule has 2 heterocycles. The number of fused-ring (bicyclic) bond motifs is 3. The van der Waals surface area contributed by atoms with Crippen molar-refractivity contribution in [3.63, 3.8) is 0 Å². The molecule has 2 aliphatic rings. The van der Waals surface area contributed by atoms with Crippen LogP contribution in [0.3, 0.4) is 0 Å². The molecule has 4 rings (SSSR count). The Kier molecular flexibility index (Phi) is 9.05. The Morgan fingerprint density at radius 2 is 1.83 bits per heavy atom. The Hall–Kier alpha value is -2.72. The van der Waals surface area contributed by atoms with Gasteiger partial charge in [0.2, 0.25) is 6.71 Å². The first kappa shape index (κ1) is 31.2. The quantitative estimate of drug-likeness (QED) is 0.194. The van der Waals surface area contributed by atoms with Crippen molar-refractivity contribution in [2.75, 3.05) is 23.3 Å². The van der Waals surface area contributed by atoms with Gasteiger partial charge >= 0.3 is 0 Å². The summed E-state index contributed by atoms with van der Waals surface area (Å²) in [5, 5.41) is 3.73. The lowest BCUT2D eigenvalue weighted by atomic mass is 9.41. The first-order chi connectivity index (χ1) is 19.2. The fourth-order valence-corrected chi connectivity index (χ4v) is 8.00. The zero-order chi connectivity index (χ0) is 30.2. The van der Waals surface area contributed by atoms with E-state index in [2.05, 4.69) is 146 Å². The minimum atomic E-state index is 0.138. The van der Waals surface area contributed by atoms with E-state index in [1.165, 1.54) is 51.2 Å². The molecule has 1 aliphatic carbocycles. The third-order valence-electron chi connectivity index (χ3n) is 9.09. The fraction of sp³-hybridized carbons (Fsp3) is 0.459. The summed E-state index contributed by atoms with van der Waals surface area (Å²) in [5.74, 6) is 2.41. The van der Waals surface area contributed by atoms with Gasteiger partial charge in [-0.2, -0.15) is 11.3 Å². The van der Waals surface area contributed by atoms with E-state index < -0.39 is 0 Å². The Labute approximate surface area is 255 Å². The summed E-state index contributed by atoms with van der Waals surface area (Å²) >= 11 is 2.05. The van der Waals surface area contributed by atoms with Crippen LogP contribution in [-0.2, 0) is 16.2 Å². The maximum Gasteiger partial charge on any atom is 0.248 e. The largest absolute Gasteiger partial charge is 0.364 e. The molecule has 218 valence electrons. The van der Waals surface area contributed by atoms with Crippen molar-refractivity contribution >= 4 is 34.2 Å². The molecule has 0 unspecified atom stereocenters. The summed E-state index contributed by atoms with van der Waals surface area (Å²) in [4.78, 5) is 4.15. The molecule has 0 spiro atoms. The third-order valence-corrected chi connectivity index (χ3v) is 10.7. The van der Waals surface area contributed by atoms with Crippen LogP contribution < -0.4 is 15.0 Å². The van der Waals surface area contributed by atoms with Gasteiger partial charge in [-0.3, -0.25) is 0 Å². The van der Waals surface area contributed by atoms with Crippen molar-refractivity contribution in [3.05, 3.63) is 100 Å². The number of benzene rings is 1. The van der Waals surface area contributed by atoms with Gasteiger partial charge in [0.1, 0.15) is 0 Å². The molecule has 4 heteroatoms. The minimum Gasteiger partial charge on any atom is -0.364 e. The predicted molar refractivity (Wildman–Crippen MR) is 187 cm³/mol. The van der Waals surface area contributed by atoms with Crippen LogP contribution in [0, 0.1) is 6.92 Å². The Bertz CT molecular complexity index is 1390. The van der Waals surface area contributed by atoms with Crippen molar-refractivity contribution in [2.45, 2.75) is 97.8 Å². The molecule has 2 aromatic rings. The van der Waals surface area contributed by atoms with Crippen molar-refractivity contribution < 1.29 is 0 Å². The summed E-state index contributed by atoms with van der Waals surface area (Å²) in [6, 6.07) is 6.83. The van der Waals surface area contributed by atoms with Crippen LogP contribution in [0.15, 0.2) is 78.9 Å². The summed E-state index contributed by atoms with van der Waals surface area (Å²) in [6.45, 7) is 31.1. The highest BCUT2D eigenvalue weighted by Gasteiger charge is 2.45. The highest BCUT2D eigenvalue weighted by atomic mass is 32.1. The highest BCUT2D eigenvalue weighted by molar-refractivity contribution is 7.26. The second-order valence-electron chi connectivity index (χ2n) is 14.3. The van der Waals surface area contributed by atoms with Gasteiger partial charge in [0.15, 0.2) is 0 Å². The fourth-order valence-electron chi connectivity index (χ4n) is 6.24. The Morgan fingerprint density at radius 3 is 2.44 bits per heavy atom. The van der Waals surface area contributed by atoms with Crippen LogP contribution in [-0.4, -0.2) is 19.8 Å². The zero-order valence-electron chi connectivity index (χ0n) is 27.1. The van der Waals surface area contributed by atoms with Gasteiger partial charge in [-0.15, -0.1) is 12.6 Å². The van der Waals surface area contributed by atoms with Gasteiger partial charge in [-0.1, -0.05) is 104 Å². The predicted octanol–water partition coefficient (Wildman–Crippen LogP) is 9.56. The van der Waals surface area contributed by atoms with Crippen LogP contribution in [0.25, 0.3) is 0 Å². The van der Waals surface area contributed by atoms with Crippen molar-refractivity contribution in [1.29, 1.82) is 0 Å². The van der Waals surface area contributed by atoms with Crippen LogP contribution in [0.4, 0.5) is 11.4 Å². The van der Waals surface area contributed by atoms with Crippen molar-refractivity contribution in [1.82, 2.24) is 0 Å². The maximum absolute atomic E-state index is 4.15. The molecule has 41 heavy (non-hydrogen) atoms. The van der Waals surface area contributed by atoms with Crippen LogP contribution >= 0.6 is 11.3 Å². The van der Waals surface area contributed by atoms with Gasteiger partial charge in [0, 0.05) is 34.1 Å². The molecule has 0 saturated heterocycles. The molecule has 0 fully saturated rings. The standard InChI is InChI=1S/C37H51BN2S/c1-12-22-40-25-29(24-39-30-18-17-28(23-26(30)4)35(5,6)7)38(21-15-16-27(13-2)14-3)34-32(40)31-33(41-34)37(10,11)20-19-36(31,8)9/h12-13,15-18,21,23-24,39H,1-2,14,19-20,22,25H2,3-11H3/b21-15+,27-16+,29-24-. The lowest BCUT2D eigenvalue weighted by Crippen LogP contribution is -2.46. The van der Waals surface area contributed by atoms with Gasteiger partial charge in [-0.25, -0.2) is 0 Å². The molecule has 0 radical (unpaired) electrons. The summed E-state index contributed by atoms with van der Waals surface area (Å²) in [6.07, 6.45) is 14.2. The lowest BCUT2D eigenvalue weighted by molar-refractivity contribution is 0.339. The number of aryl methyl sites for hydroxylation is 1. The average Bonchev–Trinajstić information content (AvgIpc) is 3.33. The molecular weight excluding hydrogens is 515 g/mol. The van der Waals surface area contributed by atoms with E-state index in [0.717, 1.165) is 19.5 Å². The third kappa shape index (κ3) is 6.38. The molecule has 2 nitrogen and oxygen atoms in total. The molecule has 0 atom stereocenters. The maximum atomic E-state index is 4.15. The van der Waals surface area contributed by atoms with E-state index in [4.69, 9.17) is 0 Å².